The molecule has 4 bridgehead atoms. The average molecular weight is 516 g/mol. The van der Waals surface area contributed by atoms with Gasteiger partial charge in [-0.15, -0.1) is 13.2 Å². The number of halogens is 3. The van der Waals surface area contributed by atoms with Crippen molar-refractivity contribution in [2.24, 2.45) is 23.7 Å². The molecule has 3 saturated heterocycles. The lowest BCUT2D eigenvalue weighted by Crippen LogP contribution is -2.77. The third-order valence-corrected chi connectivity index (χ3v) is 8.04. The van der Waals surface area contributed by atoms with Gasteiger partial charge in [-0.3, -0.25) is 14.5 Å². The van der Waals surface area contributed by atoms with Crippen LogP contribution in [0.1, 0.15) is 37.8 Å². The van der Waals surface area contributed by atoms with Gasteiger partial charge < -0.3 is 15.4 Å². The molecule has 4 fully saturated rings. The van der Waals surface area contributed by atoms with Crippen molar-refractivity contribution in [2.45, 2.75) is 57.7 Å². The van der Waals surface area contributed by atoms with E-state index in [4.69, 9.17) is 0 Å². The molecule has 2 amide bonds. The molecule has 0 unspecified atom stereocenters. The van der Waals surface area contributed by atoms with Gasteiger partial charge in [-0.25, -0.2) is 0 Å². The number of carbonyl (C=O) groups is 2. The Kier molecular flexibility index (Phi) is 6.68. The van der Waals surface area contributed by atoms with Crippen LogP contribution < -0.4 is 15.4 Å². The zero-order valence-corrected chi connectivity index (χ0v) is 20.9. The van der Waals surface area contributed by atoms with Crippen molar-refractivity contribution in [2.75, 3.05) is 6.54 Å². The molecule has 2 aromatic carbocycles. The summed E-state index contributed by atoms with van der Waals surface area (Å²) in [6.07, 6.45) is -3.26. The van der Waals surface area contributed by atoms with E-state index in [0.29, 0.717) is 32.0 Å². The second kappa shape index (κ2) is 9.67. The molecule has 0 aromatic heterocycles. The molecule has 9 heteroatoms. The van der Waals surface area contributed by atoms with Gasteiger partial charge >= 0.3 is 6.36 Å². The number of nitrogens with one attached hydrogen (secondary N) is 2. The highest BCUT2D eigenvalue weighted by molar-refractivity contribution is 5.97. The molecule has 4 aliphatic rings. The maximum absolute atomic E-state index is 13.9. The molecule has 0 radical (unpaired) electrons. The highest BCUT2D eigenvalue weighted by Gasteiger charge is 2.70. The van der Waals surface area contributed by atoms with E-state index in [0.717, 1.165) is 17.5 Å². The van der Waals surface area contributed by atoms with E-state index >= 15 is 0 Å². The fourth-order valence-corrected chi connectivity index (χ4v) is 6.75. The Morgan fingerprint density at radius 3 is 2.49 bits per heavy atom. The molecular weight excluding hydrogens is 483 g/mol. The zero-order valence-electron chi connectivity index (χ0n) is 20.9. The van der Waals surface area contributed by atoms with Crippen molar-refractivity contribution < 1.29 is 27.5 Å². The maximum atomic E-state index is 13.9. The number of nitrogens with zero attached hydrogens (tertiary/aromatic N) is 1. The first-order valence-electron chi connectivity index (χ1n) is 12.8. The van der Waals surface area contributed by atoms with Gasteiger partial charge in [-0.1, -0.05) is 56.3 Å². The monoisotopic (exact) mass is 515 g/mol. The number of hydrogen-bond donors (Lipinski definition) is 2. The van der Waals surface area contributed by atoms with Gasteiger partial charge in [0.1, 0.15) is 11.3 Å². The van der Waals surface area contributed by atoms with Crippen molar-refractivity contribution in [1.82, 2.24) is 15.5 Å². The summed E-state index contributed by atoms with van der Waals surface area (Å²) in [5, 5.41) is 6.23. The Labute approximate surface area is 214 Å². The van der Waals surface area contributed by atoms with Crippen molar-refractivity contribution in [3.05, 3.63) is 65.7 Å². The molecule has 6 nitrogen and oxygen atoms in total. The Balaban J connectivity index is 1.42. The Morgan fingerprint density at radius 2 is 1.84 bits per heavy atom. The van der Waals surface area contributed by atoms with E-state index < -0.39 is 11.9 Å². The van der Waals surface area contributed by atoms with E-state index in [-0.39, 0.29) is 41.4 Å². The number of benzene rings is 2. The number of piperidine rings is 2. The van der Waals surface area contributed by atoms with Gasteiger partial charge in [0.05, 0.1) is 0 Å². The first kappa shape index (κ1) is 25.6. The smallest absolute Gasteiger partial charge is 0.406 e. The first-order valence-corrected chi connectivity index (χ1v) is 12.8. The Bertz CT molecular complexity index is 1140. The van der Waals surface area contributed by atoms with Gasteiger partial charge in [0.25, 0.3) is 0 Å². The molecular formula is C28H32F3N3O3. The van der Waals surface area contributed by atoms with E-state index in [9.17, 15) is 22.8 Å². The topological polar surface area (TPSA) is 70.7 Å². The summed E-state index contributed by atoms with van der Waals surface area (Å²) in [5.74, 6) is -0.297. The summed E-state index contributed by atoms with van der Waals surface area (Å²) in [5.41, 5.74) is 0.777. The summed E-state index contributed by atoms with van der Waals surface area (Å²) in [7, 11) is 0. The molecule has 2 aromatic rings. The minimum atomic E-state index is -4.74. The number of rotatable bonds is 8. The van der Waals surface area contributed by atoms with Crippen LogP contribution in [-0.4, -0.2) is 41.2 Å². The second-order valence-corrected chi connectivity index (χ2v) is 10.9. The van der Waals surface area contributed by atoms with E-state index in [1.807, 2.05) is 30.3 Å². The van der Waals surface area contributed by atoms with Gasteiger partial charge in [0, 0.05) is 37.5 Å². The molecule has 1 saturated carbocycles. The third kappa shape index (κ3) is 4.93. The normalized spacial score (nSPS) is 28.9. The standard InChI is InChI=1S/C28H32F3N3O3/c1-17(2)12-22-23-13-20-16-34(15-19-8-10-21(11-9-19)37-28(29,30)31)24(22)27(20,33-25(23)35)26(36)32-14-18-6-4-3-5-7-18/h3-11,17,20,22-24H,12-16H2,1-2H3,(H,32,36)(H,33,35)/t20-,22+,23+,24-,27-/m0/s1. The Morgan fingerprint density at radius 1 is 1.14 bits per heavy atom. The van der Waals surface area contributed by atoms with Crippen molar-refractivity contribution >= 4 is 11.8 Å². The molecule has 198 valence electrons. The number of hydrogen-bond acceptors (Lipinski definition) is 4. The minimum absolute atomic E-state index is 0.0165. The summed E-state index contributed by atoms with van der Waals surface area (Å²) < 4.78 is 41.7. The number of amides is 2. The molecule has 5 atom stereocenters. The SMILES string of the molecule is CC(C)C[C@H]1[C@@H]2N(Cc3ccc(OC(F)(F)F)cc3)C[C@@H]3C[C@H]1C(=O)N[C@@]32C(=O)NCc1ccccc1. The van der Waals surface area contributed by atoms with E-state index in [2.05, 4.69) is 34.1 Å². The van der Waals surface area contributed by atoms with Crippen LogP contribution in [0.2, 0.25) is 0 Å². The maximum Gasteiger partial charge on any atom is 0.573 e. The quantitative estimate of drug-likeness (QED) is 0.552. The van der Waals surface area contributed by atoms with Gasteiger partial charge in [-0.2, -0.15) is 0 Å². The van der Waals surface area contributed by atoms with Crippen LogP contribution in [0, 0.1) is 23.7 Å². The molecule has 3 heterocycles. The number of fused-ring (bicyclic) bond motifs is 1. The van der Waals surface area contributed by atoms with Crippen molar-refractivity contribution in [3.63, 3.8) is 0 Å². The molecule has 6 rings (SSSR count). The lowest BCUT2D eigenvalue weighted by atomic mass is 9.57. The average Bonchev–Trinajstić information content (AvgIpc) is 3.06. The lowest BCUT2D eigenvalue weighted by Gasteiger charge is -2.55. The molecule has 1 aliphatic carbocycles. The van der Waals surface area contributed by atoms with Gasteiger partial charge in [-0.05, 0) is 47.9 Å². The van der Waals surface area contributed by atoms with Crippen molar-refractivity contribution in [3.8, 4) is 5.75 Å². The van der Waals surface area contributed by atoms with Crippen LogP contribution >= 0.6 is 0 Å². The molecule has 3 aliphatic heterocycles. The molecule has 2 N–H and O–H groups in total. The lowest BCUT2D eigenvalue weighted by molar-refractivity contribution is -0.274. The minimum Gasteiger partial charge on any atom is -0.406 e. The second-order valence-electron chi connectivity index (χ2n) is 10.9. The van der Waals surface area contributed by atoms with E-state index in [1.165, 1.54) is 12.1 Å². The number of likely N-dealkylation sites (tertiary alicyclic amines) is 1. The molecule has 0 spiro atoms. The number of ether oxygens (including phenoxy) is 1. The van der Waals surface area contributed by atoms with Crippen LogP contribution in [0.15, 0.2) is 54.6 Å². The number of carbonyl (C=O) groups excluding carboxylic acids is 2. The predicted molar refractivity (Wildman–Crippen MR) is 131 cm³/mol. The summed E-state index contributed by atoms with van der Waals surface area (Å²) >= 11 is 0. The van der Waals surface area contributed by atoms with Crippen LogP contribution in [-0.2, 0) is 22.7 Å². The van der Waals surface area contributed by atoms with Crippen LogP contribution in [0.25, 0.3) is 0 Å². The fourth-order valence-electron chi connectivity index (χ4n) is 6.75. The fraction of sp³-hybridized carbons (Fsp3) is 0.500. The van der Waals surface area contributed by atoms with Crippen LogP contribution in [0.5, 0.6) is 5.75 Å². The molecule has 37 heavy (non-hydrogen) atoms. The van der Waals surface area contributed by atoms with Gasteiger partial charge in [0.2, 0.25) is 11.8 Å². The number of alkyl halides is 3. The summed E-state index contributed by atoms with van der Waals surface area (Å²) in [6.45, 7) is 5.72. The predicted octanol–water partition coefficient (Wildman–Crippen LogP) is 4.25. The van der Waals surface area contributed by atoms with Gasteiger partial charge in [0.15, 0.2) is 0 Å². The van der Waals surface area contributed by atoms with Crippen molar-refractivity contribution in [1.29, 1.82) is 0 Å². The first-order chi connectivity index (χ1) is 17.6. The highest BCUT2D eigenvalue weighted by Crippen LogP contribution is 2.54. The summed E-state index contributed by atoms with van der Waals surface area (Å²) in [4.78, 5) is 29.3. The third-order valence-electron chi connectivity index (χ3n) is 8.04. The summed E-state index contributed by atoms with van der Waals surface area (Å²) in [6, 6.07) is 15.3. The zero-order chi connectivity index (χ0) is 26.4. The largest absolute Gasteiger partial charge is 0.573 e. The Hall–Kier alpha value is -3.07. The van der Waals surface area contributed by atoms with Crippen LogP contribution in [0.4, 0.5) is 13.2 Å². The highest BCUT2D eigenvalue weighted by atomic mass is 19.4. The van der Waals surface area contributed by atoms with E-state index in [1.54, 1.807) is 12.1 Å². The van der Waals surface area contributed by atoms with Crippen LogP contribution in [0.3, 0.4) is 0 Å².